The highest BCUT2D eigenvalue weighted by Gasteiger charge is 2.06. The molecule has 5 nitrogen and oxygen atoms in total. The molecule has 28 heavy (non-hydrogen) atoms. The molecular weight excluding hydrogens is 350 g/mol. The molecule has 0 aliphatic carbocycles. The van der Waals surface area contributed by atoms with E-state index < -0.39 is 0 Å². The Labute approximate surface area is 166 Å². The number of quaternary nitrogens is 1. The fraction of sp³-hybridized carbons (Fsp3) is 0.261. The fourth-order valence-electron chi connectivity index (χ4n) is 3.05. The molecule has 0 radical (unpaired) electrons. The van der Waals surface area contributed by atoms with Gasteiger partial charge in [0.25, 0.3) is 0 Å². The normalized spacial score (nSPS) is 11.4. The minimum absolute atomic E-state index is 0.110. The van der Waals surface area contributed by atoms with Crippen LogP contribution in [0.2, 0.25) is 0 Å². The molecule has 0 aliphatic rings. The molecular formula is C23H28N3O2+. The molecule has 3 N–H and O–H groups in total. The van der Waals surface area contributed by atoms with Crippen LogP contribution in [-0.2, 0) is 17.8 Å². The monoisotopic (exact) mass is 378 g/mol. The summed E-state index contributed by atoms with van der Waals surface area (Å²) in [6.07, 6.45) is 6.55. The number of carbonyl (C=O) groups is 1. The van der Waals surface area contributed by atoms with Crippen molar-refractivity contribution in [2.45, 2.75) is 13.0 Å². The maximum Gasteiger partial charge on any atom is 0.244 e. The summed E-state index contributed by atoms with van der Waals surface area (Å²) in [6, 6.07) is 13.9. The molecule has 0 unspecified atom stereocenters. The molecule has 0 saturated heterocycles. The zero-order chi connectivity index (χ0) is 19.9. The number of rotatable bonds is 8. The largest absolute Gasteiger partial charge is 0.497 e. The highest BCUT2D eigenvalue weighted by molar-refractivity contribution is 5.93. The first kappa shape index (κ1) is 19.7. The lowest BCUT2D eigenvalue weighted by Crippen LogP contribution is -3.05. The van der Waals surface area contributed by atoms with Gasteiger partial charge in [0, 0.05) is 36.1 Å². The van der Waals surface area contributed by atoms with Crippen molar-refractivity contribution in [1.82, 2.24) is 10.3 Å². The van der Waals surface area contributed by atoms with Crippen LogP contribution in [0.25, 0.3) is 17.0 Å². The van der Waals surface area contributed by atoms with Crippen molar-refractivity contribution in [3.63, 3.8) is 0 Å². The van der Waals surface area contributed by atoms with Crippen LogP contribution >= 0.6 is 0 Å². The SMILES string of the molecule is COc1ccc(CNC(=O)/C=C/c2ccc3[nH]cc(CC[NH+](C)C)c3c2)cc1. The lowest BCUT2D eigenvalue weighted by Gasteiger charge is -2.06. The molecule has 0 bridgehead atoms. The molecule has 3 aromatic rings. The van der Waals surface area contributed by atoms with Gasteiger partial charge in [-0.25, -0.2) is 0 Å². The smallest absolute Gasteiger partial charge is 0.244 e. The average Bonchev–Trinajstić information content (AvgIpc) is 3.11. The number of fused-ring (bicyclic) bond motifs is 1. The number of methoxy groups -OCH3 is 1. The van der Waals surface area contributed by atoms with E-state index in [4.69, 9.17) is 4.74 Å². The first-order valence-electron chi connectivity index (χ1n) is 9.53. The summed E-state index contributed by atoms with van der Waals surface area (Å²) in [5.41, 5.74) is 4.49. The molecule has 0 saturated carbocycles. The number of H-pyrrole nitrogens is 1. The van der Waals surface area contributed by atoms with Gasteiger partial charge < -0.3 is 19.9 Å². The van der Waals surface area contributed by atoms with E-state index in [0.29, 0.717) is 6.54 Å². The van der Waals surface area contributed by atoms with Gasteiger partial charge in [0.05, 0.1) is 27.7 Å². The van der Waals surface area contributed by atoms with Crippen molar-refractivity contribution < 1.29 is 14.4 Å². The van der Waals surface area contributed by atoms with Gasteiger partial charge in [0.2, 0.25) is 5.91 Å². The summed E-state index contributed by atoms with van der Waals surface area (Å²) in [6.45, 7) is 1.57. The number of likely N-dealkylation sites (N-methyl/N-ethyl adjacent to an activating group) is 1. The minimum atomic E-state index is -0.110. The number of benzene rings is 2. The number of hydrogen-bond donors (Lipinski definition) is 3. The van der Waals surface area contributed by atoms with Gasteiger partial charge in [-0.1, -0.05) is 18.2 Å². The Morgan fingerprint density at radius 1 is 1.18 bits per heavy atom. The summed E-state index contributed by atoms with van der Waals surface area (Å²) in [4.78, 5) is 16.9. The summed E-state index contributed by atoms with van der Waals surface area (Å²) < 4.78 is 5.14. The molecule has 146 valence electrons. The third kappa shape index (κ3) is 5.24. The van der Waals surface area contributed by atoms with Gasteiger partial charge in [0.1, 0.15) is 5.75 Å². The third-order valence-electron chi connectivity index (χ3n) is 4.74. The van der Waals surface area contributed by atoms with Gasteiger partial charge in [0.15, 0.2) is 0 Å². The van der Waals surface area contributed by atoms with Crippen molar-refractivity contribution >= 4 is 22.9 Å². The Balaban J connectivity index is 1.61. The van der Waals surface area contributed by atoms with Crippen molar-refractivity contribution in [1.29, 1.82) is 0 Å². The second-order valence-corrected chi connectivity index (χ2v) is 7.23. The van der Waals surface area contributed by atoms with Gasteiger partial charge in [-0.15, -0.1) is 0 Å². The zero-order valence-electron chi connectivity index (χ0n) is 16.7. The highest BCUT2D eigenvalue weighted by Crippen LogP contribution is 2.21. The van der Waals surface area contributed by atoms with Crippen LogP contribution in [0.4, 0.5) is 0 Å². The van der Waals surface area contributed by atoms with Gasteiger partial charge in [-0.05, 0) is 47.0 Å². The Morgan fingerprint density at radius 2 is 1.96 bits per heavy atom. The summed E-state index contributed by atoms with van der Waals surface area (Å²) >= 11 is 0. The molecule has 0 atom stereocenters. The number of carbonyl (C=O) groups excluding carboxylic acids is 1. The van der Waals surface area contributed by atoms with E-state index in [1.54, 1.807) is 13.2 Å². The standard InChI is InChI=1S/C23H27N3O2/c1-26(2)13-12-19-16-24-22-10-6-17(14-21(19)22)7-11-23(27)25-15-18-4-8-20(28-3)9-5-18/h4-11,14,16,24H,12-13,15H2,1-3H3,(H,25,27)/p+1/b11-7+. The lowest BCUT2D eigenvalue weighted by molar-refractivity contribution is -0.858. The van der Waals surface area contributed by atoms with E-state index in [0.717, 1.165) is 35.4 Å². The number of aromatic nitrogens is 1. The second-order valence-electron chi connectivity index (χ2n) is 7.23. The number of aromatic amines is 1. The van der Waals surface area contributed by atoms with E-state index >= 15 is 0 Å². The fourth-order valence-corrected chi connectivity index (χ4v) is 3.05. The maximum atomic E-state index is 12.1. The number of hydrogen-bond acceptors (Lipinski definition) is 2. The quantitative estimate of drug-likeness (QED) is 0.526. The average molecular weight is 378 g/mol. The van der Waals surface area contributed by atoms with E-state index in [2.05, 4.69) is 42.7 Å². The Bertz CT molecular complexity index is 956. The molecule has 1 aromatic heterocycles. The Hall–Kier alpha value is -3.05. The summed E-state index contributed by atoms with van der Waals surface area (Å²) in [7, 11) is 5.96. The Kier molecular flexibility index (Phi) is 6.50. The van der Waals surface area contributed by atoms with Crippen molar-refractivity contribution in [2.75, 3.05) is 27.7 Å². The number of nitrogens with one attached hydrogen (secondary N) is 3. The number of amides is 1. The molecule has 0 spiro atoms. The number of ether oxygens (including phenoxy) is 1. The van der Waals surface area contributed by atoms with E-state index in [1.807, 2.05) is 36.4 Å². The highest BCUT2D eigenvalue weighted by atomic mass is 16.5. The van der Waals surface area contributed by atoms with Crippen LogP contribution in [0.1, 0.15) is 16.7 Å². The zero-order valence-corrected chi connectivity index (χ0v) is 16.7. The van der Waals surface area contributed by atoms with Crippen LogP contribution in [0.5, 0.6) is 5.75 Å². The predicted molar refractivity (Wildman–Crippen MR) is 114 cm³/mol. The topological polar surface area (TPSA) is 58.6 Å². The van der Waals surface area contributed by atoms with Crippen LogP contribution in [0.15, 0.2) is 54.7 Å². The molecule has 0 fully saturated rings. The molecule has 1 heterocycles. The third-order valence-corrected chi connectivity index (χ3v) is 4.74. The van der Waals surface area contributed by atoms with E-state index in [-0.39, 0.29) is 5.91 Å². The van der Waals surface area contributed by atoms with Gasteiger partial charge in [-0.2, -0.15) is 0 Å². The van der Waals surface area contributed by atoms with Crippen LogP contribution in [0.3, 0.4) is 0 Å². The first-order valence-corrected chi connectivity index (χ1v) is 9.53. The molecule has 1 amide bonds. The van der Waals surface area contributed by atoms with Crippen LogP contribution < -0.4 is 15.0 Å². The molecule has 5 heteroatoms. The van der Waals surface area contributed by atoms with Crippen LogP contribution in [0, 0.1) is 0 Å². The minimum Gasteiger partial charge on any atom is -0.497 e. The molecule has 2 aromatic carbocycles. The predicted octanol–water partition coefficient (Wildman–Crippen LogP) is 2.19. The second kappa shape index (κ2) is 9.24. The van der Waals surface area contributed by atoms with Crippen molar-refractivity contribution in [2.24, 2.45) is 0 Å². The van der Waals surface area contributed by atoms with Crippen molar-refractivity contribution in [3.05, 3.63) is 71.4 Å². The lowest BCUT2D eigenvalue weighted by atomic mass is 10.1. The van der Waals surface area contributed by atoms with Crippen LogP contribution in [-0.4, -0.2) is 38.6 Å². The Morgan fingerprint density at radius 3 is 2.68 bits per heavy atom. The molecule has 0 aliphatic heterocycles. The van der Waals surface area contributed by atoms with Gasteiger partial charge in [-0.3, -0.25) is 4.79 Å². The molecule has 3 rings (SSSR count). The first-order chi connectivity index (χ1) is 13.5. The summed E-state index contributed by atoms with van der Waals surface area (Å²) in [5, 5.41) is 4.13. The van der Waals surface area contributed by atoms with E-state index in [9.17, 15) is 4.79 Å². The van der Waals surface area contributed by atoms with Crippen molar-refractivity contribution in [3.8, 4) is 5.75 Å². The van der Waals surface area contributed by atoms with Gasteiger partial charge >= 0.3 is 0 Å². The summed E-state index contributed by atoms with van der Waals surface area (Å²) in [5.74, 6) is 0.697. The van der Waals surface area contributed by atoms with E-state index in [1.165, 1.54) is 15.8 Å². The maximum absolute atomic E-state index is 12.1.